The molecule has 1 aliphatic heterocycles. The van der Waals surface area contributed by atoms with Gasteiger partial charge < -0.3 is 14.3 Å². The van der Waals surface area contributed by atoms with Gasteiger partial charge in [0.25, 0.3) is 0 Å². The van der Waals surface area contributed by atoms with Crippen LogP contribution >= 0.6 is 0 Å². The molecule has 1 aromatic rings. The highest BCUT2D eigenvalue weighted by Crippen LogP contribution is 2.36. The molecule has 0 atom stereocenters. The number of nitrogens with one attached hydrogen (secondary N) is 1. The van der Waals surface area contributed by atoms with Gasteiger partial charge in [-0.15, -0.1) is 0 Å². The number of aromatic nitrogens is 1. The van der Waals surface area contributed by atoms with Crippen LogP contribution in [0.25, 0.3) is 0 Å². The number of aromatic amines is 1. The van der Waals surface area contributed by atoms with Crippen molar-refractivity contribution in [1.82, 2.24) is 4.98 Å². The number of alkyl halides is 3. The first-order valence-electron chi connectivity index (χ1n) is 6.09. The minimum Gasteiger partial charge on any atom is -0.399 e. The van der Waals surface area contributed by atoms with Gasteiger partial charge in [-0.3, -0.25) is 4.79 Å². The van der Waals surface area contributed by atoms with Crippen LogP contribution in [0.4, 0.5) is 13.2 Å². The number of hydrogen-bond donors (Lipinski definition) is 1. The lowest BCUT2D eigenvalue weighted by atomic mass is 9.79. The standard InChI is InChI=1S/C12H15BF3NO3/c1-10(2)11(3,4)20-13(19-10)8-5-7(12(14,15)16)6-17-9(8)18/h5-6H,1-4H3,(H,17,18). The van der Waals surface area contributed by atoms with Gasteiger partial charge in [-0.1, -0.05) is 0 Å². The Balaban J connectivity index is 2.43. The van der Waals surface area contributed by atoms with Crippen LogP contribution < -0.4 is 11.0 Å². The van der Waals surface area contributed by atoms with Crippen LogP contribution in [0.3, 0.4) is 0 Å². The molecule has 2 heterocycles. The molecule has 0 saturated carbocycles. The first-order valence-corrected chi connectivity index (χ1v) is 6.09. The molecule has 0 aromatic carbocycles. The minimum atomic E-state index is -4.54. The summed E-state index contributed by atoms with van der Waals surface area (Å²) in [6, 6.07) is 0.765. The second-order valence-electron chi connectivity index (χ2n) is 5.76. The second kappa shape index (κ2) is 4.36. The molecule has 1 aliphatic rings. The number of H-pyrrole nitrogens is 1. The lowest BCUT2D eigenvalue weighted by molar-refractivity contribution is -0.137. The largest absolute Gasteiger partial charge is 0.500 e. The van der Waals surface area contributed by atoms with Crippen LogP contribution in [0.1, 0.15) is 33.3 Å². The number of rotatable bonds is 1. The predicted octanol–water partition coefficient (Wildman–Crippen LogP) is 1.69. The molecular weight excluding hydrogens is 274 g/mol. The van der Waals surface area contributed by atoms with Crippen LogP contribution in [0.2, 0.25) is 0 Å². The van der Waals surface area contributed by atoms with Crippen molar-refractivity contribution in [1.29, 1.82) is 0 Å². The summed E-state index contributed by atoms with van der Waals surface area (Å²) < 4.78 is 49.2. The van der Waals surface area contributed by atoms with E-state index in [1.807, 2.05) is 0 Å². The maximum absolute atomic E-state index is 12.7. The summed E-state index contributed by atoms with van der Waals surface area (Å²) in [5.41, 5.74) is -3.23. The van der Waals surface area contributed by atoms with Crippen molar-refractivity contribution < 1.29 is 22.5 Å². The van der Waals surface area contributed by atoms with Gasteiger partial charge in [0.15, 0.2) is 0 Å². The maximum atomic E-state index is 12.7. The number of halogens is 3. The molecule has 1 fully saturated rings. The van der Waals surface area contributed by atoms with Crippen molar-refractivity contribution in [3.8, 4) is 0 Å². The molecule has 1 N–H and O–H groups in total. The Bertz CT molecular complexity index is 564. The van der Waals surface area contributed by atoms with Crippen molar-refractivity contribution in [2.45, 2.75) is 45.1 Å². The van der Waals surface area contributed by atoms with Gasteiger partial charge in [-0.25, -0.2) is 0 Å². The van der Waals surface area contributed by atoms with E-state index in [0.29, 0.717) is 6.20 Å². The van der Waals surface area contributed by atoms with Crippen molar-refractivity contribution in [3.05, 3.63) is 28.2 Å². The third-order valence-corrected chi connectivity index (χ3v) is 3.77. The first kappa shape index (κ1) is 15.1. The van der Waals surface area contributed by atoms with E-state index in [1.54, 1.807) is 27.7 Å². The summed E-state index contributed by atoms with van der Waals surface area (Å²) >= 11 is 0. The highest BCUT2D eigenvalue weighted by atomic mass is 19.4. The smallest absolute Gasteiger partial charge is 0.399 e. The van der Waals surface area contributed by atoms with E-state index in [1.165, 1.54) is 0 Å². The molecule has 8 heteroatoms. The van der Waals surface area contributed by atoms with Crippen molar-refractivity contribution in [2.75, 3.05) is 0 Å². The molecule has 0 spiro atoms. The topological polar surface area (TPSA) is 51.3 Å². The van der Waals surface area contributed by atoms with Gasteiger partial charge in [0.2, 0.25) is 5.56 Å². The quantitative estimate of drug-likeness (QED) is 0.800. The zero-order valence-electron chi connectivity index (χ0n) is 11.6. The van der Waals surface area contributed by atoms with Crippen molar-refractivity contribution >= 4 is 12.6 Å². The molecule has 2 rings (SSSR count). The van der Waals surface area contributed by atoms with Crippen molar-refractivity contribution in [3.63, 3.8) is 0 Å². The fraction of sp³-hybridized carbons (Fsp3) is 0.583. The number of hydrogen-bond acceptors (Lipinski definition) is 3. The highest BCUT2D eigenvalue weighted by Gasteiger charge is 2.52. The lowest BCUT2D eigenvalue weighted by Crippen LogP contribution is -2.45. The van der Waals surface area contributed by atoms with Crippen LogP contribution in [-0.2, 0) is 15.5 Å². The fourth-order valence-corrected chi connectivity index (χ4v) is 1.81. The Hall–Kier alpha value is -1.28. The molecule has 1 saturated heterocycles. The summed E-state index contributed by atoms with van der Waals surface area (Å²) in [5, 5.41) is 0. The molecule has 110 valence electrons. The lowest BCUT2D eigenvalue weighted by Gasteiger charge is -2.32. The summed E-state index contributed by atoms with van der Waals surface area (Å²) in [4.78, 5) is 13.8. The second-order valence-corrected chi connectivity index (χ2v) is 5.76. The molecule has 0 radical (unpaired) electrons. The van der Waals surface area contributed by atoms with E-state index in [9.17, 15) is 18.0 Å². The van der Waals surface area contributed by atoms with Gasteiger partial charge >= 0.3 is 13.3 Å². The summed E-state index contributed by atoms with van der Waals surface area (Å²) in [7, 11) is -1.12. The van der Waals surface area contributed by atoms with Crippen molar-refractivity contribution in [2.24, 2.45) is 0 Å². The third-order valence-electron chi connectivity index (χ3n) is 3.77. The SMILES string of the molecule is CC1(C)OB(c2cc(C(F)(F)F)c[nH]c2=O)OC1(C)C. The van der Waals surface area contributed by atoms with E-state index in [4.69, 9.17) is 9.31 Å². The highest BCUT2D eigenvalue weighted by molar-refractivity contribution is 6.62. The molecule has 1 aromatic heterocycles. The Morgan fingerprint density at radius 2 is 1.65 bits per heavy atom. The zero-order valence-corrected chi connectivity index (χ0v) is 11.6. The third kappa shape index (κ3) is 2.49. The van der Waals surface area contributed by atoms with Crippen LogP contribution in [0.15, 0.2) is 17.1 Å². The van der Waals surface area contributed by atoms with E-state index < -0.39 is 35.6 Å². The molecule has 0 unspecified atom stereocenters. The van der Waals surface area contributed by atoms with Crippen LogP contribution in [-0.4, -0.2) is 23.3 Å². The van der Waals surface area contributed by atoms with Crippen LogP contribution in [0.5, 0.6) is 0 Å². The molecule has 0 aliphatic carbocycles. The van der Waals surface area contributed by atoms with E-state index in [0.717, 1.165) is 6.07 Å². The summed E-state index contributed by atoms with van der Waals surface area (Å²) in [6.45, 7) is 7.03. The Kier molecular flexibility index (Phi) is 3.30. The molecular formula is C12H15BF3NO3. The predicted molar refractivity (Wildman–Crippen MR) is 67.8 cm³/mol. The van der Waals surface area contributed by atoms with Gasteiger partial charge in [0.1, 0.15) is 0 Å². The van der Waals surface area contributed by atoms with Gasteiger partial charge in [0.05, 0.1) is 16.8 Å². The maximum Gasteiger partial charge on any atom is 0.500 e. The molecule has 20 heavy (non-hydrogen) atoms. The molecule has 0 bridgehead atoms. The normalized spacial score (nSPS) is 21.2. The van der Waals surface area contributed by atoms with Gasteiger partial charge in [-0.2, -0.15) is 13.2 Å². The first-order chi connectivity index (χ1) is 8.94. The monoisotopic (exact) mass is 289 g/mol. The Labute approximate surface area is 114 Å². The summed E-state index contributed by atoms with van der Waals surface area (Å²) in [6.07, 6.45) is -3.90. The van der Waals surface area contributed by atoms with E-state index in [2.05, 4.69) is 4.98 Å². The summed E-state index contributed by atoms with van der Waals surface area (Å²) in [5.74, 6) is 0. The molecule has 0 amide bonds. The zero-order chi connectivity index (χ0) is 15.3. The van der Waals surface area contributed by atoms with Gasteiger partial charge in [0, 0.05) is 11.7 Å². The average molecular weight is 289 g/mol. The van der Waals surface area contributed by atoms with Gasteiger partial charge in [-0.05, 0) is 33.8 Å². The van der Waals surface area contributed by atoms with Crippen LogP contribution in [0, 0.1) is 0 Å². The average Bonchev–Trinajstić information content (AvgIpc) is 2.46. The molecule has 4 nitrogen and oxygen atoms in total. The number of pyridine rings is 1. The minimum absolute atomic E-state index is 0.182. The van der Waals surface area contributed by atoms with E-state index >= 15 is 0 Å². The Morgan fingerprint density at radius 3 is 2.10 bits per heavy atom. The Morgan fingerprint density at radius 1 is 1.15 bits per heavy atom. The van der Waals surface area contributed by atoms with E-state index in [-0.39, 0.29) is 5.46 Å². The fourth-order valence-electron chi connectivity index (χ4n) is 1.81.